The first-order valence-corrected chi connectivity index (χ1v) is 8.21. The van der Waals surface area contributed by atoms with Gasteiger partial charge in [-0.25, -0.2) is 4.79 Å². The van der Waals surface area contributed by atoms with Crippen LogP contribution in [0.1, 0.15) is 61.3 Å². The Labute approximate surface area is 140 Å². The van der Waals surface area contributed by atoms with Gasteiger partial charge >= 0.3 is 6.09 Å². The number of carbonyl (C=O) groups is 1. The Bertz CT molecular complexity index is 295. The van der Waals surface area contributed by atoms with E-state index in [1.165, 1.54) is 0 Å². The van der Waals surface area contributed by atoms with E-state index in [9.17, 15) is 4.79 Å². The molecule has 4 nitrogen and oxygen atoms in total. The maximum Gasteiger partial charge on any atom is 0.408 e. The fourth-order valence-electron chi connectivity index (χ4n) is 1.12. The highest BCUT2D eigenvalue weighted by Crippen LogP contribution is 2.12. The van der Waals surface area contributed by atoms with Crippen LogP contribution in [-0.4, -0.2) is 34.5 Å². The summed E-state index contributed by atoms with van der Waals surface area (Å²) in [5.41, 5.74) is 4.71. The zero-order valence-corrected chi connectivity index (χ0v) is 16.0. The minimum atomic E-state index is -0.457. The maximum atomic E-state index is 11.4. The first-order chi connectivity index (χ1) is 9.22. The number of nitrogens with two attached hydrogens (primary N) is 1. The second-order valence-corrected chi connectivity index (χ2v) is 8.13. The van der Waals surface area contributed by atoms with E-state index in [1.807, 2.05) is 48.5 Å². The number of alkyl carbamates (subject to hydrolysis) is 1. The van der Waals surface area contributed by atoms with Crippen LogP contribution in [0.2, 0.25) is 0 Å². The van der Waals surface area contributed by atoms with E-state index < -0.39 is 11.7 Å². The molecule has 0 heterocycles. The lowest BCUT2D eigenvalue weighted by Crippen LogP contribution is -2.46. The van der Waals surface area contributed by atoms with E-state index in [4.69, 9.17) is 33.7 Å². The number of hydrogen-bond acceptors (Lipinski definition) is 3. The molecule has 0 radical (unpaired) electrons. The summed E-state index contributed by atoms with van der Waals surface area (Å²) in [6, 6.07) is 0. The normalized spacial score (nSPS) is 12.3. The highest BCUT2D eigenvalue weighted by atomic mass is 35.5. The third kappa shape index (κ3) is 19.8. The van der Waals surface area contributed by atoms with Gasteiger partial charge in [0, 0.05) is 22.8 Å². The summed E-state index contributed by atoms with van der Waals surface area (Å²) in [5, 5.41) is 2.77. The van der Waals surface area contributed by atoms with Crippen LogP contribution in [0.25, 0.3) is 0 Å². The second-order valence-electron chi connectivity index (χ2n) is 7.38. The van der Waals surface area contributed by atoms with Crippen LogP contribution >= 0.6 is 23.2 Å². The Balaban J connectivity index is 0. The lowest BCUT2D eigenvalue weighted by atomic mass is 10.0. The maximum absolute atomic E-state index is 11.4. The van der Waals surface area contributed by atoms with Gasteiger partial charge in [-0.15, -0.1) is 23.2 Å². The molecular weight excluding hydrogens is 311 g/mol. The molecule has 6 heteroatoms. The Morgan fingerprint density at radius 3 is 1.67 bits per heavy atom. The minimum absolute atomic E-state index is 0.0816. The van der Waals surface area contributed by atoms with E-state index in [0.29, 0.717) is 18.2 Å². The second kappa shape index (κ2) is 9.75. The molecule has 0 aromatic heterocycles. The van der Waals surface area contributed by atoms with Crippen LogP contribution in [0.5, 0.6) is 0 Å². The average molecular weight is 343 g/mol. The number of ether oxygens (including phenoxy) is 1. The monoisotopic (exact) mass is 342 g/mol. The van der Waals surface area contributed by atoms with E-state index >= 15 is 0 Å². The molecular formula is C15H32Cl2N2O2. The first kappa shape index (κ1) is 23.1. The average Bonchev–Trinajstić information content (AvgIpc) is 2.10. The standard InChI is InChI=1S/C10H20ClNO2.C5H12ClN/c1-9(2,3)14-8(13)12-10(4,5)6-7-11;1-5(2,7)3-4-6/h6-7H2,1-5H3,(H,12,13);3-4,7H2,1-2H3. The van der Waals surface area contributed by atoms with Gasteiger partial charge in [-0.05, 0) is 61.3 Å². The Hall–Kier alpha value is -0.190. The Morgan fingerprint density at radius 2 is 1.43 bits per heavy atom. The molecule has 0 fully saturated rings. The van der Waals surface area contributed by atoms with E-state index in [0.717, 1.165) is 6.42 Å². The van der Waals surface area contributed by atoms with Crippen LogP contribution in [0.15, 0.2) is 0 Å². The highest BCUT2D eigenvalue weighted by molar-refractivity contribution is 6.18. The van der Waals surface area contributed by atoms with Crippen molar-refractivity contribution in [3.63, 3.8) is 0 Å². The first-order valence-electron chi connectivity index (χ1n) is 7.14. The van der Waals surface area contributed by atoms with E-state index in [1.54, 1.807) is 0 Å². The van der Waals surface area contributed by atoms with Gasteiger partial charge in [0.05, 0.1) is 0 Å². The SMILES string of the molecule is CC(C)(CCCl)NC(=O)OC(C)(C)C.CC(C)(N)CCCl. The minimum Gasteiger partial charge on any atom is -0.444 e. The molecule has 0 saturated heterocycles. The van der Waals surface area contributed by atoms with Crippen LogP contribution in [0.4, 0.5) is 4.79 Å². The lowest BCUT2D eigenvalue weighted by molar-refractivity contribution is 0.0471. The van der Waals surface area contributed by atoms with Gasteiger partial charge in [-0.2, -0.15) is 0 Å². The van der Waals surface area contributed by atoms with E-state index in [-0.39, 0.29) is 11.1 Å². The Morgan fingerprint density at radius 1 is 1.00 bits per heavy atom. The molecule has 0 rings (SSSR count). The molecule has 0 unspecified atom stereocenters. The summed E-state index contributed by atoms with van der Waals surface area (Å²) < 4.78 is 5.13. The van der Waals surface area contributed by atoms with Crippen molar-refractivity contribution in [2.45, 2.75) is 78.0 Å². The summed E-state index contributed by atoms with van der Waals surface area (Å²) in [4.78, 5) is 11.4. The van der Waals surface area contributed by atoms with Crippen molar-refractivity contribution in [3.8, 4) is 0 Å². The fourth-order valence-corrected chi connectivity index (χ4v) is 2.08. The molecule has 3 N–H and O–H groups in total. The fraction of sp³-hybridized carbons (Fsp3) is 0.933. The molecule has 0 saturated carbocycles. The molecule has 0 aromatic carbocycles. The number of hydrogen-bond donors (Lipinski definition) is 2. The lowest BCUT2D eigenvalue weighted by Gasteiger charge is -2.27. The highest BCUT2D eigenvalue weighted by Gasteiger charge is 2.23. The van der Waals surface area contributed by atoms with Crippen molar-refractivity contribution in [2.24, 2.45) is 5.73 Å². The third-order valence-electron chi connectivity index (χ3n) is 2.30. The summed E-state index contributed by atoms with van der Waals surface area (Å²) in [5.74, 6) is 1.17. The molecule has 0 aliphatic carbocycles. The van der Waals surface area contributed by atoms with Crippen molar-refractivity contribution >= 4 is 29.3 Å². The van der Waals surface area contributed by atoms with Gasteiger partial charge in [-0.1, -0.05) is 0 Å². The number of rotatable bonds is 5. The quantitative estimate of drug-likeness (QED) is 0.733. The zero-order chi connectivity index (χ0) is 17.3. The zero-order valence-electron chi connectivity index (χ0n) is 14.5. The predicted octanol–water partition coefficient (Wildman–Crippen LogP) is 4.27. The van der Waals surface area contributed by atoms with Crippen LogP contribution in [0.3, 0.4) is 0 Å². The topological polar surface area (TPSA) is 64.3 Å². The Kier molecular flexibility index (Phi) is 10.7. The van der Waals surface area contributed by atoms with E-state index in [2.05, 4.69) is 5.32 Å². The van der Waals surface area contributed by atoms with Gasteiger partial charge in [0.25, 0.3) is 0 Å². The summed E-state index contributed by atoms with van der Waals surface area (Å²) in [6.07, 6.45) is 1.20. The largest absolute Gasteiger partial charge is 0.444 e. The number of carbonyl (C=O) groups excluding carboxylic acids is 1. The van der Waals surface area contributed by atoms with Gasteiger partial charge in [0.1, 0.15) is 5.60 Å². The molecule has 0 aliphatic heterocycles. The molecule has 21 heavy (non-hydrogen) atoms. The van der Waals surface area contributed by atoms with Gasteiger partial charge < -0.3 is 15.8 Å². The predicted molar refractivity (Wildman–Crippen MR) is 92.4 cm³/mol. The molecule has 0 aromatic rings. The van der Waals surface area contributed by atoms with Gasteiger partial charge in [0.2, 0.25) is 0 Å². The molecule has 128 valence electrons. The summed E-state index contributed by atoms with van der Waals surface area (Å²) >= 11 is 11.0. The van der Waals surface area contributed by atoms with Crippen molar-refractivity contribution in [3.05, 3.63) is 0 Å². The van der Waals surface area contributed by atoms with Crippen LogP contribution in [-0.2, 0) is 4.74 Å². The summed E-state index contributed by atoms with van der Waals surface area (Å²) in [6.45, 7) is 13.3. The van der Waals surface area contributed by atoms with Crippen molar-refractivity contribution < 1.29 is 9.53 Å². The smallest absolute Gasteiger partial charge is 0.408 e. The molecule has 0 spiro atoms. The molecule has 1 amide bonds. The van der Waals surface area contributed by atoms with Gasteiger partial charge in [-0.3, -0.25) is 0 Å². The van der Waals surface area contributed by atoms with Crippen molar-refractivity contribution in [1.82, 2.24) is 5.32 Å². The number of amides is 1. The number of halogens is 2. The van der Waals surface area contributed by atoms with Crippen molar-refractivity contribution in [2.75, 3.05) is 11.8 Å². The van der Waals surface area contributed by atoms with Crippen LogP contribution < -0.4 is 11.1 Å². The molecule has 0 bridgehead atoms. The summed E-state index contributed by atoms with van der Waals surface area (Å²) in [7, 11) is 0. The molecule has 0 atom stereocenters. The van der Waals surface area contributed by atoms with Crippen molar-refractivity contribution in [1.29, 1.82) is 0 Å². The molecule has 0 aliphatic rings. The number of alkyl halides is 2. The number of nitrogens with one attached hydrogen (secondary N) is 1. The third-order valence-corrected chi connectivity index (χ3v) is 2.68. The van der Waals surface area contributed by atoms with Gasteiger partial charge in [0.15, 0.2) is 0 Å². The van der Waals surface area contributed by atoms with Crippen LogP contribution in [0, 0.1) is 0 Å².